The Kier molecular flexibility index (Phi) is 4.47. The minimum atomic E-state index is 0.175. The second-order valence-corrected chi connectivity index (χ2v) is 6.74. The van der Waals surface area contributed by atoms with Crippen molar-refractivity contribution in [2.24, 2.45) is 17.8 Å². The molecule has 1 aromatic carbocycles. The van der Waals surface area contributed by atoms with Crippen LogP contribution in [-0.4, -0.2) is 18.5 Å². The number of hydrogen-bond acceptors (Lipinski definition) is 2. The van der Waals surface area contributed by atoms with E-state index in [-0.39, 0.29) is 5.91 Å². The molecule has 0 aromatic heterocycles. The third kappa shape index (κ3) is 3.58. The molecule has 2 aliphatic carbocycles. The lowest BCUT2D eigenvalue weighted by atomic mass is 9.84. The third-order valence-corrected chi connectivity index (χ3v) is 5.28. The van der Waals surface area contributed by atoms with E-state index in [9.17, 15) is 4.79 Å². The van der Waals surface area contributed by atoms with Gasteiger partial charge in [-0.25, -0.2) is 0 Å². The smallest absolute Gasteiger partial charge is 0.221 e. The van der Waals surface area contributed by atoms with Crippen LogP contribution in [0, 0.1) is 17.8 Å². The van der Waals surface area contributed by atoms with E-state index >= 15 is 0 Å². The largest absolute Gasteiger partial charge is 0.385 e. The summed E-state index contributed by atoms with van der Waals surface area (Å²) in [5.41, 5.74) is 1.08. The van der Waals surface area contributed by atoms with Gasteiger partial charge in [0.15, 0.2) is 0 Å². The summed E-state index contributed by atoms with van der Waals surface area (Å²) < 4.78 is 0. The maximum Gasteiger partial charge on any atom is 0.221 e. The quantitative estimate of drug-likeness (QED) is 0.841. The van der Waals surface area contributed by atoms with Crippen molar-refractivity contribution in [3.8, 4) is 0 Å². The van der Waals surface area contributed by atoms with Crippen molar-refractivity contribution in [2.45, 2.75) is 45.1 Å². The Balaban J connectivity index is 1.38. The topological polar surface area (TPSA) is 41.1 Å². The highest BCUT2D eigenvalue weighted by Crippen LogP contribution is 2.49. The molecule has 3 heteroatoms. The molecule has 0 saturated heterocycles. The molecular formula is C18H26N2O. The molecule has 4 atom stereocenters. The van der Waals surface area contributed by atoms with Gasteiger partial charge in [-0.05, 0) is 56.1 Å². The number of rotatable bonds is 6. The molecule has 2 N–H and O–H groups in total. The molecule has 2 bridgehead atoms. The Morgan fingerprint density at radius 1 is 1.24 bits per heavy atom. The standard InChI is InChI=1S/C18H26N2O/c1-13(17-12-14-7-8-15(17)11-14)20-18(21)9-10-19-16-5-3-2-4-6-16/h2-6,13-15,17,19H,7-12H2,1H3,(H,20,21)/t13-,14-,15-,17+/m0/s1. The number of para-hydroxylation sites is 1. The molecule has 3 rings (SSSR count). The molecule has 0 spiro atoms. The summed E-state index contributed by atoms with van der Waals surface area (Å²) in [6, 6.07) is 10.4. The van der Waals surface area contributed by atoms with Crippen LogP contribution < -0.4 is 10.6 Å². The normalized spacial score (nSPS) is 28.3. The van der Waals surface area contributed by atoms with E-state index in [4.69, 9.17) is 0 Å². The van der Waals surface area contributed by atoms with E-state index in [1.165, 1.54) is 25.7 Å². The summed E-state index contributed by atoms with van der Waals surface area (Å²) >= 11 is 0. The SMILES string of the molecule is C[C@H](NC(=O)CCNc1ccccc1)[C@H]1C[C@H]2CC[C@H]1C2. The Morgan fingerprint density at radius 3 is 2.71 bits per heavy atom. The zero-order valence-corrected chi connectivity index (χ0v) is 12.8. The second kappa shape index (κ2) is 6.50. The van der Waals surface area contributed by atoms with Crippen LogP contribution in [0.5, 0.6) is 0 Å². The average molecular weight is 286 g/mol. The molecule has 0 unspecified atom stereocenters. The number of nitrogens with one attached hydrogen (secondary N) is 2. The summed E-state index contributed by atoms with van der Waals surface area (Å²) in [5.74, 6) is 2.70. The number of amides is 1. The first-order chi connectivity index (χ1) is 10.2. The van der Waals surface area contributed by atoms with Crippen molar-refractivity contribution in [3.05, 3.63) is 30.3 Å². The molecule has 1 aromatic rings. The summed E-state index contributed by atoms with van der Waals surface area (Å²) in [7, 11) is 0. The van der Waals surface area contributed by atoms with E-state index in [0.29, 0.717) is 19.0 Å². The molecule has 2 fully saturated rings. The molecular weight excluding hydrogens is 260 g/mol. The highest BCUT2D eigenvalue weighted by Gasteiger charge is 2.41. The van der Waals surface area contributed by atoms with Crippen molar-refractivity contribution in [2.75, 3.05) is 11.9 Å². The van der Waals surface area contributed by atoms with Crippen LogP contribution in [0.2, 0.25) is 0 Å². The van der Waals surface area contributed by atoms with Crippen LogP contribution in [0.3, 0.4) is 0 Å². The Morgan fingerprint density at radius 2 is 2.05 bits per heavy atom. The predicted octanol–water partition coefficient (Wildman–Crippen LogP) is 3.43. The number of fused-ring (bicyclic) bond motifs is 2. The van der Waals surface area contributed by atoms with Gasteiger partial charge in [-0.1, -0.05) is 24.6 Å². The van der Waals surface area contributed by atoms with Crippen LogP contribution in [0.15, 0.2) is 30.3 Å². The Hall–Kier alpha value is -1.51. The van der Waals surface area contributed by atoms with Crippen LogP contribution in [0.25, 0.3) is 0 Å². The average Bonchev–Trinajstić information content (AvgIpc) is 3.11. The fourth-order valence-electron chi connectivity index (χ4n) is 4.22. The number of anilines is 1. The molecule has 2 saturated carbocycles. The van der Waals surface area contributed by atoms with Gasteiger partial charge in [0.2, 0.25) is 5.91 Å². The van der Waals surface area contributed by atoms with Gasteiger partial charge in [0, 0.05) is 24.7 Å². The molecule has 1 amide bonds. The van der Waals surface area contributed by atoms with Crippen LogP contribution in [0.1, 0.15) is 39.0 Å². The fraction of sp³-hybridized carbons (Fsp3) is 0.611. The van der Waals surface area contributed by atoms with Gasteiger partial charge in [-0.2, -0.15) is 0 Å². The van der Waals surface area contributed by atoms with E-state index in [1.54, 1.807) is 0 Å². The predicted molar refractivity (Wildman–Crippen MR) is 86.1 cm³/mol. The first-order valence-electron chi connectivity index (χ1n) is 8.30. The molecule has 21 heavy (non-hydrogen) atoms. The minimum absolute atomic E-state index is 0.175. The van der Waals surface area contributed by atoms with Crippen molar-refractivity contribution in [3.63, 3.8) is 0 Å². The van der Waals surface area contributed by atoms with Gasteiger partial charge in [-0.3, -0.25) is 4.79 Å². The Labute approximate surface area is 127 Å². The van der Waals surface area contributed by atoms with Gasteiger partial charge in [-0.15, -0.1) is 0 Å². The molecule has 2 aliphatic rings. The highest BCUT2D eigenvalue weighted by atomic mass is 16.1. The first-order valence-corrected chi connectivity index (χ1v) is 8.30. The molecule has 3 nitrogen and oxygen atoms in total. The van der Waals surface area contributed by atoms with Gasteiger partial charge >= 0.3 is 0 Å². The summed E-state index contributed by atoms with van der Waals surface area (Å²) in [4.78, 5) is 12.1. The van der Waals surface area contributed by atoms with Crippen molar-refractivity contribution in [1.82, 2.24) is 5.32 Å². The number of benzene rings is 1. The lowest BCUT2D eigenvalue weighted by Gasteiger charge is -2.28. The van der Waals surface area contributed by atoms with E-state index in [1.807, 2.05) is 30.3 Å². The monoisotopic (exact) mass is 286 g/mol. The van der Waals surface area contributed by atoms with E-state index in [2.05, 4.69) is 17.6 Å². The third-order valence-electron chi connectivity index (χ3n) is 5.28. The van der Waals surface area contributed by atoms with Gasteiger partial charge in [0.05, 0.1) is 0 Å². The van der Waals surface area contributed by atoms with E-state index in [0.717, 1.165) is 23.4 Å². The first kappa shape index (κ1) is 14.4. The van der Waals surface area contributed by atoms with Gasteiger partial charge < -0.3 is 10.6 Å². The molecule has 114 valence electrons. The lowest BCUT2D eigenvalue weighted by Crippen LogP contribution is -2.40. The van der Waals surface area contributed by atoms with Crippen molar-refractivity contribution >= 4 is 11.6 Å². The van der Waals surface area contributed by atoms with Crippen LogP contribution in [0.4, 0.5) is 5.69 Å². The van der Waals surface area contributed by atoms with Crippen molar-refractivity contribution in [1.29, 1.82) is 0 Å². The number of carbonyl (C=O) groups excluding carboxylic acids is 1. The summed E-state index contributed by atoms with van der Waals surface area (Å²) in [5, 5.41) is 6.50. The molecule has 0 radical (unpaired) electrons. The van der Waals surface area contributed by atoms with Gasteiger partial charge in [0.25, 0.3) is 0 Å². The molecule has 0 aliphatic heterocycles. The maximum absolute atomic E-state index is 12.1. The Bertz CT molecular complexity index is 473. The highest BCUT2D eigenvalue weighted by molar-refractivity contribution is 5.76. The van der Waals surface area contributed by atoms with Gasteiger partial charge in [0.1, 0.15) is 0 Å². The zero-order chi connectivity index (χ0) is 14.7. The van der Waals surface area contributed by atoms with Crippen LogP contribution in [-0.2, 0) is 4.79 Å². The van der Waals surface area contributed by atoms with Crippen LogP contribution >= 0.6 is 0 Å². The maximum atomic E-state index is 12.1. The lowest BCUT2D eigenvalue weighted by molar-refractivity contribution is -0.121. The van der Waals surface area contributed by atoms with E-state index < -0.39 is 0 Å². The summed E-state index contributed by atoms with van der Waals surface area (Å²) in [6.07, 6.45) is 6.07. The number of hydrogen-bond donors (Lipinski definition) is 2. The minimum Gasteiger partial charge on any atom is -0.385 e. The second-order valence-electron chi connectivity index (χ2n) is 6.74. The number of carbonyl (C=O) groups is 1. The van der Waals surface area contributed by atoms with Crippen molar-refractivity contribution < 1.29 is 4.79 Å². The fourth-order valence-corrected chi connectivity index (χ4v) is 4.22. The summed E-state index contributed by atoms with van der Waals surface area (Å²) in [6.45, 7) is 2.88. The molecule has 0 heterocycles. The zero-order valence-electron chi connectivity index (χ0n) is 12.8.